The van der Waals surface area contributed by atoms with E-state index in [0.717, 1.165) is 37.2 Å². The summed E-state index contributed by atoms with van der Waals surface area (Å²) in [7, 11) is 0. The molecule has 1 N–H and O–H groups in total. The molecule has 1 atom stereocenters. The maximum Gasteiger partial charge on any atom is 0.344 e. The van der Waals surface area contributed by atoms with E-state index in [0.29, 0.717) is 0 Å². The Balaban J connectivity index is 2.04. The van der Waals surface area contributed by atoms with Crippen molar-refractivity contribution in [2.45, 2.75) is 64.6 Å². The molecule has 2 heterocycles. The molecule has 1 saturated heterocycles. The molecule has 5 nitrogen and oxygen atoms in total. The van der Waals surface area contributed by atoms with E-state index in [4.69, 9.17) is 4.74 Å². The predicted molar refractivity (Wildman–Crippen MR) is 84.4 cm³/mol. The van der Waals surface area contributed by atoms with Gasteiger partial charge in [-0.1, -0.05) is 6.92 Å². The lowest BCUT2D eigenvalue weighted by Gasteiger charge is -2.23. The van der Waals surface area contributed by atoms with Crippen LogP contribution in [0.1, 0.15) is 46.5 Å². The minimum Gasteiger partial charge on any atom is -0.376 e. The highest BCUT2D eigenvalue weighted by Gasteiger charge is 2.18. The summed E-state index contributed by atoms with van der Waals surface area (Å²) < 4.78 is 7.76. The number of rotatable bonds is 4. The molecule has 0 saturated carbocycles. The number of urea groups is 1. The van der Waals surface area contributed by atoms with E-state index in [1.807, 2.05) is 36.9 Å². The molecule has 0 radical (unpaired) electrons. The molecule has 0 aliphatic carbocycles. The van der Waals surface area contributed by atoms with Gasteiger partial charge in [0.1, 0.15) is 0 Å². The first-order chi connectivity index (χ1) is 10.00. The molecule has 1 fully saturated rings. The number of ether oxygens (including phenoxy) is 1. The quantitative estimate of drug-likeness (QED) is 0.929. The van der Waals surface area contributed by atoms with Gasteiger partial charge in [-0.2, -0.15) is 4.99 Å². The summed E-state index contributed by atoms with van der Waals surface area (Å²) in [5, 5.41) is 4.89. The van der Waals surface area contributed by atoms with Crippen molar-refractivity contribution < 1.29 is 9.53 Å². The Morgan fingerprint density at radius 1 is 1.57 bits per heavy atom. The molecule has 1 aliphatic rings. The van der Waals surface area contributed by atoms with Crippen molar-refractivity contribution in [2.24, 2.45) is 4.99 Å². The monoisotopic (exact) mass is 311 g/mol. The predicted octanol–water partition coefficient (Wildman–Crippen LogP) is 2.92. The Hall–Kier alpha value is -1.14. The molecule has 118 valence electrons. The SMILES string of the molecule is CCC(C)(C)NC(=O)/N=c1\sccn1CC1CCCCO1. The molecule has 0 aromatic carbocycles. The highest BCUT2D eigenvalue weighted by Crippen LogP contribution is 2.14. The minimum atomic E-state index is -0.275. The van der Waals surface area contributed by atoms with Crippen LogP contribution < -0.4 is 10.1 Å². The Morgan fingerprint density at radius 3 is 3.05 bits per heavy atom. The molecule has 1 aromatic rings. The Morgan fingerprint density at radius 2 is 2.38 bits per heavy atom. The molecular formula is C15H25N3O2S. The zero-order valence-electron chi connectivity index (χ0n) is 13.1. The zero-order valence-corrected chi connectivity index (χ0v) is 13.9. The van der Waals surface area contributed by atoms with Gasteiger partial charge in [-0.3, -0.25) is 0 Å². The summed E-state index contributed by atoms with van der Waals surface area (Å²) in [5.74, 6) is 0. The van der Waals surface area contributed by atoms with Crippen LogP contribution in [-0.4, -0.2) is 28.8 Å². The summed E-state index contributed by atoms with van der Waals surface area (Å²) in [5.41, 5.74) is -0.227. The van der Waals surface area contributed by atoms with Gasteiger partial charge in [0.2, 0.25) is 0 Å². The zero-order chi connectivity index (χ0) is 15.3. The fourth-order valence-corrected chi connectivity index (χ4v) is 2.93. The molecule has 2 rings (SSSR count). The van der Waals surface area contributed by atoms with E-state index >= 15 is 0 Å². The van der Waals surface area contributed by atoms with Crippen molar-refractivity contribution in [3.8, 4) is 0 Å². The number of carbonyl (C=O) groups excluding carboxylic acids is 1. The lowest BCUT2D eigenvalue weighted by Crippen LogP contribution is -2.42. The van der Waals surface area contributed by atoms with Crippen molar-refractivity contribution in [3.05, 3.63) is 16.4 Å². The van der Waals surface area contributed by atoms with E-state index in [1.165, 1.54) is 17.8 Å². The van der Waals surface area contributed by atoms with Crippen LogP contribution in [0.25, 0.3) is 0 Å². The second kappa shape index (κ2) is 7.22. The van der Waals surface area contributed by atoms with Crippen LogP contribution in [0.2, 0.25) is 0 Å². The van der Waals surface area contributed by atoms with Crippen molar-refractivity contribution in [1.82, 2.24) is 9.88 Å². The van der Waals surface area contributed by atoms with Gasteiger partial charge in [0.25, 0.3) is 0 Å². The number of hydrogen-bond acceptors (Lipinski definition) is 3. The van der Waals surface area contributed by atoms with E-state index in [-0.39, 0.29) is 17.7 Å². The Kier molecular flexibility index (Phi) is 5.58. The minimum absolute atomic E-state index is 0.227. The van der Waals surface area contributed by atoms with Gasteiger partial charge >= 0.3 is 6.03 Å². The molecule has 21 heavy (non-hydrogen) atoms. The largest absolute Gasteiger partial charge is 0.376 e. The molecule has 1 aliphatic heterocycles. The maximum atomic E-state index is 12.0. The highest BCUT2D eigenvalue weighted by molar-refractivity contribution is 7.07. The molecule has 6 heteroatoms. The first-order valence-corrected chi connectivity index (χ1v) is 8.50. The van der Waals surface area contributed by atoms with E-state index in [1.54, 1.807) is 0 Å². The lowest BCUT2D eigenvalue weighted by atomic mass is 10.0. The van der Waals surface area contributed by atoms with Gasteiger partial charge < -0.3 is 14.6 Å². The molecule has 1 aromatic heterocycles. The average molecular weight is 311 g/mol. The van der Waals surface area contributed by atoms with Gasteiger partial charge in [-0.05, 0) is 39.5 Å². The first kappa shape index (κ1) is 16.2. The summed E-state index contributed by atoms with van der Waals surface area (Å²) >= 11 is 1.48. The number of carbonyl (C=O) groups is 1. The number of aromatic nitrogens is 1. The van der Waals surface area contributed by atoms with Crippen LogP contribution in [0.3, 0.4) is 0 Å². The third-order valence-corrected chi connectivity index (χ3v) is 4.66. The normalized spacial score (nSPS) is 20.5. The number of hydrogen-bond donors (Lipinski definition) is 1. The average Bonchev–Trinajstić information content (AvgIpc) is 2.86. The molecule has 2 amide bonds. The Labute approximate surface area is 130 Å². The van der Waals surface area contributed by atoms with E-state index in [2.05, 4.69) is 10.3 Å². The van der Waals surface area contributed by atoms with Crippen LogP contribution in [-0.2, 0) is 11.3 Å². The van der Waals surface area contributed by atoms with Gasteiger partial charge in [-0.25, -0.2) is 4.79 Å². The van der Waals surface area contributed by atoms with Crippen LogP contribution in [0.4, 0.5) is 4.79 Å². The van der Waals surface area contributed by atoms with Crippen LogP contribution in [0, 0.1) is 0 Å². The van der Waals surface area contributed by atoms with Gasteiger partial charge in [-0.15, -0.1) is 11.3 Å². The summed E-state index contributed by atoms with van der Waals surface area (Å²) in [6.07, 6.45) is 6.53. The summed E-state index contributed by atoms with van der Waals surface area (Å²) in [6, 6.07) is -0.275. The van der Waals surface area contributed by atoms with Gasteiger partial charge in [0.15, 0.2) is 4.80 Å². The van der Waals surface area contributed by atoms with Crippen molar-refractivity contribution >= 4 is 17.4 Å². The smallest absolute Gasteiger partial charge is 0.344 e. The fourth-order valence-electron chi connectivity index (χ4n) is 2.19. The van der Waals surface area contributed by atoms with Crippen LogP contribution >= 0.6 is 11.3 Å². The Bertz CT molecular complexity index is 527. The van der Waals surface area contributed by atoms with Crippen molar-refractivity contribution in [2.75, 3.05) is 6.61 Å². The number of thiazole rings is 1. The summed E-state index contributed by atoms with van der Waals surface area (Å²) in [4.78, 5) is 16.9. The fraction of sp³-hybridized carbons (Fsp3) is 0.733. The van der Waals surface area contributed by atoms with Crippen molar-refractivity contribution in [1.29, 1.82) is 0 Å². The highest BCUT2D eigenvalue weighted by atomic mass is 32.1. The van der Waals surface area contributed by atoms with Crippen LogP contribution in [0.5, 0.6) is 0 Å². The number of nitrogens with one attached hydrogen (secondary N) is 1. The van der Waals surface area contributed by atoms with Gasteiger partial charge in [0.05, 0.1) is 12.6 Å². The molecular weight excluding hydrogens is 286 g/mol. The second-order valence-corrected chi connectivity index (χ2v) is 6.98. The molecule has 0 bridgehead atoms. The van der Waals surface area contributed by atoms with Crippen LogP contribution in [0.15, 0.2) is 16.6 Å². The van der Waals surface area contributed by atoms with Crippen molar-refractivity contribution in [3.63, 3.8) is 0 Å². The molecule has 0 spiro atoms. The standard InChI is InChI=1S/C15H25N3O2S/c1-4-15(2,3)17-13(19)16-14-18(8-10-21-14)11-12-7-5-6-9-20-12/h8,10,12H,4-7,9,11H2,1-3H3,(H,17,19)/b16-14-. The third kappa shape index (κ3) is 4.97. The summed E-state index contributed by atoms with van der Waals surface area (Å²) in [6.45, 7) is 7.66. The first-order valence-electron chi connectivity index (χ1n) is 7.62. The van der Waals surface area contributed by atoms with E-state index in [9.17, 15) is 4.79 Å². The lowest BCUT2D eigenvalue weighted by molar-refractivity contribution is 0.00557. The molecule has 1 unspecified atom stereocenters. The third-order valence-electron chi connectivity index (χ3n) is 3.86. The maximum absolute atomic E-state index is 12.0. The second-order valence-electron chi connectivity index (χ2n) is 6.11. The topological polar surface area (TPSA) is 55.6 Å². The van der Waals surface area contributed by atoms with Gasteiger partial charge in [0, 0.05) is 23.7 Å². The van der Waals surface area contributed by atoms with E-state index < -0.39 is 0 Å². The number of nitrogens with zero attached hydrogens (tertiary/aromatic N) is 2. The number of amides is 2.